The lowest BCUT2D eigenvalue weighted by atomic mass is 9.81. The average Bonchev–Trinajstić information content (AvgIpc) is 2.24. The van der Waals surface area contributed by atoms with Crippen LogP contribution in [0.15, 0.2) is 4.99 Å². The quantitative estimate of drug-likeness (QED) is 0.480. The van der Waals surface area contributed by atoms with Crippen LogP contribution in [0.4, 0.5) is 0 Å². The Balaban J connectivity index is 0.00000256. The number of nitrogens with zero attached hydrogens (tertiary/aromatic N) is 2. The van der Waals surface area contributed by atoms with E-state index in [1.54, 1.807) is 0 Å². The number of hydrogen-bond donors (Lipinski definition) is 1. The molecule has 1 fully saturated rings. The molecule has 4 heteroatoms. The molecule has 0 aliphatic heterocycles. The highest BCUT2D eigenvalue weighted by Crippen LogP contribution is 2.30. The molecular formula is C13H28IN3. The topological polar surface area (TPSA) is 27.6 Å². The average molecular weight is 353 g/mol. The van der Waals surface area contributed by atoms with Crippen LogP contribution in [-0.2, 0) is 0 Å². The van der Waals surface area contributed by atoms with Gasteiger partial charge in [0.2, 0.25) is 0 Å². The first-order valence-corrected chi connectivity index (χ1v) is 6.51. The Morgan fingerprint density at radius 2 is 2.06 bits per heavy atom. The summed E-state index contributed by atoms with van der Waals surface area (Å²) < 4.78 is 0. The van der Waals surface area contributed by atoms with E-state index in [9.17, 15) is 0 Å². The summed E-state index contributed by atoms with van der Waals surface area (Å²) in [7, 11) is 5.89. The highest BCUT2D eigenvalue weighted by atomic mass is 127. The highest BCUT2D eigenvalue weighted by molar-refractivity contribution is 14.0. The first-order chi connectivity index (χ1) is 7.63. The van der Waals surface area contributed by atoms with Gasteiger partial charge in [-0.3, -0.25) is 4.99 Å². The molecule has 2 unspecified atom stereocenters. The normalized spacial score (nSPS) is 25.1. The van der Waals surface area contributed by atoms with E-state index in [1.807, 2.05) is 26.0 Å². The van der Waals surface area contributed by atoms with Crippen LogP contribution < -0.4 is 5.32 Å². The molecule has 0 saturated heterocycles. The monoisotopic (exact) mass is 353 g/mol. The zero-order valence-electron chi connectivity index (χ0n) is 11.7. The number of halogens is 1. The number of aliphatic imine (C=N–C) groups is 1. The van der Waals surface area contributed by atoms with Crippen LogP contribution >= 0.6 is 24.0 Å². The van der Waals surface area contributed by atoms with Gasteiger partial charge in [0.1, 0.15) is 0 Å². The molecule has 1 saturated carbocycles. The second kappa shape index (κ2) is 9.00. The van der Waals surface area contributed by atoms with E-state index in [2.05, 4.69) is 17.2 Å². The third-order valence-corrected chi connectivity index (χ3v) is 3.52. The van der Waals surface area contributed by atoms with Gasteiger partial charge < -0.3 is 10.2 Å². The standard InChI is InChI=1S/C13H27N3.HI/c1-11-6-5-7-12(10-11)8-9-15-13(14-2)16(3)4;/h11-12H,5-10H2,1-4H3,(H,14,15);1H. The maximum atomic E-state index is 4.22. The molecule has 0 bridgehead atoms. The number of hydrogen-bond acceptors (Lipinski definition) is 1. The summed E-state index contributed by atoms with van der Waals surface area (Å²) in [5, 5.41) is 3.41. The molecule has 0 amide bonds. The first-order valence-electron chi connectivity index (χ1n) is 6.51. The van der Waals surface area contributed by atoms with Crippen molar-refractivity contribution in [2.75, 3.05) is 27.7 Å². The Labute approximate surface area is 123 Å². The lowest BCUT2D eigenvalue weighted by Gasteiger charge is -2.27. The van der Waals surface area contributed by atoms with Crippen LogP contribution in [0.2, 0.25) is 0 Å². The van der Waals surface area contributed by atoms with Crippen molar-refractivity contribution in [1.82, 2.24) is 10.2 Å². The minimum atomic E-state index is 0. The highest BCUT2D eigenvalue weighted by Gasteiger charge is 2.18. The Kier molecular flexibility index (Phi) is 9.00. The van der Waals surface area contributed by atoms with Gasteiger partial charge in [-0.25, -0.2) is 0 Å². The van der Waals surface area contributed by atoms with Crippen molar-refractivity contribution >= 4 is 29.9 Å². The van der Waals surface area contributed by atoms with Crippen LogP contribution in [-0.4, -0.2) is 38.5 Å². The molecule has 0 aromatic carbocycles. The van der Waals surface area contributed by atoms with E-state index in [-0.39, 0.29) is 24.0 Å². The fourth-order valence-corrected chi connectivity index (χ4v) is 2.65. The van der Waals surface area contributed by atoms with Gasteiger partial charge in [-0.1, -0.05) is 26.2 Å². The summed E-state index contributed by atoms with van der Waals surface area (Å²) in [4.78, 5) is 6.25. The van der Waals surface area contributed by atoms with Crippen molar-refractivity contribution in [3.8, 4) is 0 Å². The van der Waals surface area contributed by atoms with Crippen LogP contribution in [0.1, 0.15) is 39.0 Å². The Morgan fingerprint density at radius 1 is 1.35 bits per heavy atom. The minimum absolute atomic E-state index is 0. The summed E-state index contributed by atoms with van der Waals surface area (Å²) >= 11 is 0. The van der Waals surface area contributed by atoms with E-state index in [4.69, 9.17) is 0 Å². The SMILES string of the molecule is CN=C(NCCC1CCCC(C)C1)N(C)C.I. The fourth-order valence-electron chi connectivity index (χ4n) is 2.65. The molecule has 3 nitrogen and oxygen atoms in total. The van der Waals surface area contributed by atoms with Gasteiger partial charge in [-0.2, -0.15) is 0 Å². The minimum Gasteiger partial charge on any atom is -0.356 e. The van der Waals surface area contributed by atoms with Crippen LogP contribution in [0, 0.1) is 11.8 Å². The van der Waals surface area contributed by atoms with Crippen LogP contribution in [0.3, 0.4) is 0 Å². The van der Waals surface area contributed by atoms with Crippen molar-refractivity contribution in [1.29, 1.82) is 0 Å². The molecule has 0 radical (unpaired) electrons. The Hall–Kier alpha value is 0. The Bertz CT molecular complexity index is 229. The smallest absolute Gasteiger partial charge is 0.193 e. The molecule has 1 aliphatic carbocycles. The summed E-state index contributed by atoms with van der Waals surface area (Å²) in [6.07, 6.45) is 6.99. The Morgan fingerprint density at radius 3 is 2.59 bits per heavy atom. The van der Waals surface area contributed by atoms with E-state index in [0.29, 0.717) is 0 Å². The molecule has 2 atom stereocenters. The molecule has 1 rings (SSSR count). The van der Waals surface area contributed by atoms with E-state index >= 15 is 0 Å². The van der Waals surface area contributed by atoms with Crippen molar-refractivity contribution in [2.24, 2.45) is 16.8 Å². The second-order valence-electron chi connectivity index (χ2n) is 5.29. The number of rotatable bonds is 3. The molecule has 0 aromatic rings. The number of nitrogens with one attached hydrogen (secondary N) is 1. The lowest BCUT2D eigenvalue weighted by Crippen LogP contribution is -2.37. The molecule has 1 aliphatic rings. The zero-order valence-corrected chi connectivity index (χ0v) is 14.0. The summed E-state index contributed by atoms with van der Waals surface area (Å²) in [6.45, 7) is 3.45. The number of guanidine groups is 1. The molecule has 0 heterocycles. The molecule has 0 aromatic heterocycles. The molecule has 1 N–H and O–H groups in total. The largest absolute Gasteiger partial charge is 0.356 e. The van der Waals surface area contributed by atoms with Crippen LogP contribution in [0.25, 0.3) is 0 Å². The van der Waals surface area contributed by atoms with Crippen molar-refractivity contribution < 1.29 is 0 Å². The van der Waals surface area contributed by atoms with Crippen molar-refractivity contribution in [3.05, 3.63) is 0 Å². The molecule has 0 spiro atoms. The van der Waals surface area contributed by atoms with Gasteiger partial charge >= 0.3 is 0 Å². The second-order valence-corrected chi connectivity index (χ2v) is 5.29. The van der Waals surface area contributed by atoms with Gasteiger partial charge in [-0.15, -0.1) is 24.0 Å². The van der Waals surface area contributed by atoms with E-state index < -0.39 is 0 Å². The van der Waals surface area contributed by atoms with Crippen LogP contribution in [0.5, 0.6) is 0 Å². The van der Waals surface area contributed by atoms with Gasteiger partial charge in [-0.05, 0) is 24.7 Å². The van der Waals surface area contributed by atoms with E-state index in [0.717, 1.165) is 24.3 Å². The van der Waals surface area contributed by atoms with Gasteiger partial charge in [0.15, 0.2) is 5.96 Å². The van der Waals surface area contributed by atoms with Gasteiger partial charge in [0.25, 0.3) is 0 Å². The maximum Gasteiger partial charge on any atom is 0.193 e. The summed E-state index contributed by atoms with van der Waals surface area (Å²) in [5.74, 6) is 2.85. The molecule has 17 heavy (non-hydrogen) atoms. The third-order valence-electron chi connectivity index (χ3n) is 3.52. The summed E-state index contributed by atoms with van der Waals surface area (Å²) in [5.41, 5.74) is 0. The molecular weight excluding hydrogens is 325 g/mol. The first kappa shape index (κ1) is 17.0. The van der Waals surface area contributed by atoms with Gasteiger partial charge in [0.05, 0.1) is 0 Å². The molecule has 102 valence electrons. The lowest BCUT2D eigenvalue weighted by molar-refractivity contribution is 0.270. The van der Waals surface area contributed by atoms with E-state index in [1.165, 1.54) is 32.1 Å². The summed E-state index contributed by atoms with van der Waals surface area (Å²) in [6, 6.07) is 0. The maximum absolute atomic E-state index is 4.22. The fraction of sp³-hybridized carbons (Fsp3) is 0.923. The van der Waals surface area contributed by atoms with Crippen molar-refractivity contribution in [3.63, 3.8) is 0 Å². The third kappa shape index (κ3) is 6.48. The predicted octanol–water partition coefficient (Wildman–Crippen LogP) is 2.96. The van der Waals surface area contributed by atoms with Gasteiger partial charge in [0, 0.05) is 27.7 Å². The van der Waals surface area contributed by atoms with Crippen molar-refractivity contribution in [2.45, 2.75) is 39.0 Å². The zero-order chi connectivity index (χ0) is 12.0. The predicted molar refractivity (Wildman–Crippen MR) is 86.2 cm³/mol.